The average molecular weight is 491 g/mol. The number of benzene rings is 2. The quantitative estimate of drug-likeness (QED) is 0.399. The highest BCUT2D eigenvalue weighted by Crippen LogP contribution is 2.31. The first-order valence-corrected chi connectivity index (χ1v) is 11.7. The fourth-order valence-corrected chi connectivity index (χ4v) is 5.26. The van der Waals surface area contributed by atoms with Crippen molar-refractivity contribution in [3.05, 3.63) is 114 Å². The molecule has 0 fully saturated rings. The van der Waals surface area contributed by atoms with E-state index < -0.39 is 12.0 Å². The summed E-state index contributed by atoms with van der Waals surface area (Å²) in [7, 11) is 1.32. The summed E-state index contributed by atoms with van der Waals surface area (Å²) in [6.07, 6.45) is 1.68. The standard InChI is InChI=1S/C26H19ClN2O4S/c1-15-22(25(31)32-2)23(16-8-4-3-5-9-16)29-24(30)21(34-26(29)28-15)14-17-12-13-20(33-17)18-10-6-7-11-19(18)27/h3-14,23H,1-2H3/b21-14-. The molecule has 2 aromatic carbocycles. The summed E-state index contributed by atoms with van der Waals surface area (Å²) in [6.45, 7) is 1.75. The van der Waals surface area contributed by atoms with Crippen LogP contribution in [0.4, 0.5) is 0 Å². The summed E-state index contributed by atoms with van der Waals surface area (Å²) >= 11 is 7.53. The minimum Gasteiger partial charge on any atom is -0.466 e. The molecule has 1 atom stereocenters. The van der Waals surface area contributed by atoms with Gasteiger partial charge in [0.2, 0.25) is 0 Å². The number of methoxy groups -OCH3 is 1. The Hall–Kier alpha value is -3.68. The van der Waals surface area contributed by atoms with Gasteiger partial charge in [-0.3, -0.25) is 9.36 Å². The molecule has 0 saturated carbocycles. The molecule has 1 aliphatic heterocycles. The van der Waals surface area contributed by atoms with Gasteiger partial charge in [-0.2, -0.15) is 0 Å². The summed E-state index contributed by atoms with van der Waals surface area (Å²) in [5, 5.41) is 0.580. The highest BCUT2D eigenvalue weighted by atomic mass is 35.5. The molecule has 34 heavy (non-hydrogen) atoms. The molecular weight excluding hydrogens is 472 g/mol. The van der Waals surface area contributed by atoms with Crippen LogP contribution in [0.25, 0.3) is 17.4 Å². The van der Waals surface area contributed by atoms with Gasteiger partial charge in [-0.15, -0.1) is 0 Å². The predicted molar refractivity (Wildman–Crippen MR) is 131 cm³/mol. The lowest BCUT2D eigenvalue weighted by molar-refractivity contribution is -0.136. The van der Waals surface area contributed by atoms with E-state index >= 15 is 0 Å². The summed E-state index contributed by atoms with van der Waals surface area (Å²) in [5.74, 6) is 0.607. The van der Waals surface area contributed by atoms with E-state index in [9.17, 15) is 9.59 Å². The number of ether oxygens (including phenoxy) is 1. The minimum atomic E-state index is -0.637. The second-order valence-corrected chi connectivity index (χ2v) is 9.08. The number of thiazole rings is 1. The lowest BCUT2D eigenvalue weighted by Crippen LogP contribution is -2.39. The van der Waals surface area contributed by atoms with E-state index in [4.69, 9.17) is 20.8 Å². The molecule has 170 valence electrons. The van der Waals surface area contributed by atoms with E-state index in [1.54, 1.807) is 29.7 Å². The molecule has 2 aromatic heterocycles. The number of nitrogens with zero attached hydrogens (tertiary/aromatic N) is 2. The van der Waals surface area contributed by atoms with Crippen molar-refractivity contribution in [3.8, 4) is 11.3 Å². The number of hydrogen-bond donors (Lipinski definition) is 0. The normalized spacial score (nSPS) is 15.7. The highest BCUT2D eigenvalue weighted by Gasteiger charge is 2.32. The fraction of sp³-hybridized carbons (Fsp3) is 0.115. The number of hydrogen-bond acceptors (Lipinski definition) is 6. The molecule has 8 heteroatoms. The summed E-state index contributed by atoms with van der Waals surface area (Å²) in [6, 6.07) is 19.7. The molecule has 0 bridgehead atoms. The average Bonchev–Trinajstić information content (AvgIpc) is 3.43. The lowest BCUT2D eigenvalue weighted by Gasteiger charge is -2.24. The van der Waals surface area contributed by atoms with Crippen molar-refractivity contribution in [2.75, 3.05) is 7.11 Å². The zero-order valence-corrected chi connectivity index (χ0v) is 19.9. The van der Waals surface area contributed by atoms with Gasteiger partial charge in [0.15, 0.2) is 4.80 Å². The van der Waals surface area contributed by atoms with Gasteiger partial charge in [0.25, 0.3) is 5.56 Å². The molecule has 0 saturated heterocycles. The lowest BCUT2D eigenvalue weighted by atomic mass is 9.96. The molecule has 4 aromatic rings. The van der Waals surface area contributed by atoms with Crippen LogP contribution in [0, 0.1) is 0 Å². The van der Waals surface area contributed by atoms with Gasteiger partial charge < -0.3 is 9.15 Å². The van der Waals surface area contributed by atoms with Crippen LogP contribution < -0.4 is 14.9 Å². The Balaban J connectivity index is 1.65. The predicted octanol–water partition coefficient (Wildman–Crippen LogP) is 4.32. The maximum absolute atomic E-state index is 13.5. The Morgan fingerprint density at radius 1 is 1.12 bits per heavy atom. The largest absolute Gasteiger partial charge is 0.466 e. The van der Waals surface area contributed by atoms with Gasteiger partial charge in [-0.1, -0.05) is 65.4 Å². The van der Waals surface area contributed by atoms with E-state index in [0.29, 0.717) is 37.1 Å². The molecule has 1 aliphatic rings. The van der Waals surface area contributed by atoms with E-state index in [2.05, 4.69) is 4.99 Å². The van der Waals surface area contributed by atoms with Crippen molar-refractivity contribution in [2.24, 2.45) is 4.99 Å². The third-order valence-corrected chi connectivity index (χ3v) is 6.89. The molecule has 6 nitrogen and oxygen atoms in total. The first-order chi connectivity index (χ1) is 16.5. The summed E-state index contributed by atoms with van der Waals surface area (Å²) in [5.41, 5.74) is 2.16. The smallest absolute Gasteiger partial charge is 0.338 e. The molecule has 0 amide bonds. The first kappa shape index (κ1) is 22.1. The number of furan rings is 1. The van der Waals surface area contributed by atoms with Crippen molar-refractivity contribution in [2.45, 2.75) is 13.0 Å². The summed E-state index contributed by atoms with van der Waals surface area (Å²) < 4.78 is 13.0. The zero-order valence-electron chi connectivity index (χ0n) is 18.3. The summed E-state index contributed by atoms with van der Waals surface area (Å²) in [4.78, 5) is 31.3. The van der Waals surface area contributed by atoms with Crippen LogP contribution in [0.3, 0.4) is 0 Å². The Labute approximate surface area is 203 Å². The number of allylic oxidation sites excluding steroid dienone is 1. The number of carbonyl (C=O) groups is 1. The first-order valence-electron chi connectivity index (χ1n) is 10.5. The number of fused-ring (bicyclic) bond motifs is 1. The van der Waals surface area contributed by atoms with Crippen LogP contribution >= 0.6 is 22.9 Å². The minimum absolute atomic E-state index is 0.262. The van der Waals surface area contributed by atoms with Crippen LogP contribution in [-0.2, 0) is 9.53 Å². The number of halogens is 1. The van der Waals surface area contributed by atoms with Crippen molar-refractivity contribution in [1.29, 1.82) is 0 Å². The van der Waals surface area contributed by atoms with E-state index in [-0.39, 0.29) is 5.56 Å². The van der Waals surface area contributed by atoms with Gasteiger partial charge >= 0.3 is 5.97 Å². The maximum Gasteiger partial charge on any atom is 0.338 e. The van der Waals surface area contributed by atoms with Crippen LogP contribution in [0.2, 0.25) is 5.02 Å². The zero-order chi connectivity index (χ0) is 23.8. The van der Waals surface area contributed by atoms with Crippen LogP contribution in [0.1, 0.15) is 24.3 Å². The molecule has 0 radical (unpaired) electrons. The van der Waals surface area contributed by atoms with Crippen molar-refractivity contribution in [1.82, 2.24) is 4.57 Å². The van der Waals surface area contributed by atoms with Gasteiger partial charge in [-0.05, 0) is 36.8 Å². The number of esters is 1. The van der Waals surface area contributed by atoms with Gasteiger partial charge in [0.05, 0.1) is 34.0 Å². The van der Waals surface area contributed by atoms with Crippen molar-refractivity contribution >= 4 is 35.0 Å². The number of aromatic nitrogens is 1. The SMILES string of the molecule is COC(=O)C1=C(C)N=c2s/c(=C\c3ccc(-c4ccccc4Cl)o3)c(=O)n2C1c1ccccc1. The molecular formula is C26H19ClN2O4S. The monoisotopic (exact) mass is 490 g/mol. The van der Waals surface area contributed by atoms with E-state index in [0.717, 1.165) is 11.1 Å². The molecule has 0 spiro atoms. The fourth-order valence-electron chi connectivity index (χ4n) is 4.01. The second kappa shape index (κ2) is 8.93. The van der Waals surface area contributed by atoms with Crippen LogP contribution in [0.15, 0.2) is 92.2 Å². The van der Waals surface area contributed by atoms with Gasteiger partial charge in [0.1, 0.15) is 11.5 Å². The molecule has 3 heterocycles. The van der Waals surface area contributed by atoms with E-state index in [1.165, 1.54) is 18.4 Å². The Morgan fingerprint density at radius 2 is 1.85 bits per heavy atom. The molecule has 1 unspecified atom stereocenters. The third-order valence-electron chi connectivity index (χ3n) is 5.58. The number of rotatable bonds is 4. The van der Waals surface area contributed by atoms with Crippen molar-refractivity contribution < 1.29 is 13.9 Å². The van der Waals surface area contributed by atoms with Gasteiger partial charge in [0, 0.05) is 11.6 Å². The van der Waals surface area contributed by atoms with Gasteiger partial charge in [-0.25, -0.2) is 9.79 Å². The highest BCUT2D eigenvalue weighted by molar-refractivity contribution is 7.07. The molecule has 5 rings (SSSR count). The molecule has 0 aliphatic carbocycles. The van der Waals surface area contributed by atoms with Crippen LogP contribution in [0.5, 0.6) is 0 Å². The molecule has 0 N–H and O–H groups in total. The maximum atomic E-state index is 13.5. The second-order valence-electron chi connectivity index (χ2n) is 7.67. The Kier molecular flexibility index (Phi) is 5.81. The third kappa shape index (κ3) is 3.83. The van der Waals surface area contributed by atoms with Crippen LogP contribution in [-0.4, -0.2) is 17.6 Å². The topological polar surface area (TPSA) is 73.8 Å². The Bertz CT molecular complexity index is 1610. The Morgan fingerprint density at radius 3 is 2.59 bits per heavy atom. The number of carbonyl (C=O) groups excluding carboxylic acids is 1. The van der Waals surface area contributed by atoms with E-state index in [1.807, 2.05) is 54.6 Å². The van der Waals surface area contributed by atoms with Crippen molar-refractivity contribution in [3.63, 3.8) is 0 Å².